The van der Waals surface area contributed by atoms with E-state index in [2.05, 4.69) is 33.0 Å². The Bertz CT molecular complexity index is 147. The molecule has 0 aromatic carbocycles. The van der Waals surface area contributed by atoms with Crippen molar-refractivity contribution < 1.29 is 9.47 Å². The molecule has 15 heavy (non-hydrogen) atoms. The summed E-state index contributed by atoms with van der Waals surface area (Å²) in [5.41, 5.74) is -0.0593. The molecule has 0 fully saturated rings. The maximum atomic E-state index is 5.53. The average Bonchev–Trinajstić information content (AvgIpc) is 2.16. The molecule has 0 bridgehead atoms. The van der Waals surface area contributed by atoms with E-state index in [0.29, 0.717) is 6.04 Å². The van der Waals surface area contributed by atoms with Crippen molar-refractivity contribution in [1.29, 1.82) is 0 Å². The molecule has 0 aromatic heterocycles. The molecule has 0 amide bonds. The first-order valence-electron chi connectivity index (χ1n) is 5.84. The number of nitrogens with one attached hydrogen (secondary N) is 1. The molecule has 1 N–H and O–H groups in total. The molecular weight excluding hydrogens is 190 g/mol. The third-order valence-electron chi connectivity index (χ3n) is 2.42. The lowest BCUT2D eigenvalue weighted by Gasteiger charge is -2.22. The summed E-state index contributed by atoms with van der Waals surface area (Å²) in [6, 6.07) is 0.567. The summed E-state index contributed by atoms with van der Waals surface area (Å²) in [5.74, 6) is 0. The maximum Gasteiger partial charge on any atom is 0.0644 e. The van der Waals surface area contributed by atoms with Gasteiger partial charge >= 0.3 is 0 Å². The van der Waals surface area contributed by atoms with E-state index in [1.165, 1.54) is 0 Å². The van der Waals surface area contributed by atoms with Crippen LogP contribution in [0.1, 0.15) is 40.5 Å². The van der Waals surface area contributed by atoms with E-state index >= 15 is 0 Å². The van der Waals surface area contributed by atoms with E-state index in [0.717, 1.165) is 32.6 Å². The van der Waals surface area contributed by atoms with Crippen molar-refractivity contribution in [2.45, 2.75) is 52.2 Å². The highest BCUT2D eigenvalue weighted by Crippen LogP contribution is 2.12. The molecule has 92 valence electrons. The van der Waals surface area contributed by atoms with Gasteiger partial charge in [0.25, 0.3) is 0 Å². The second-order valence-corrected chi connectivity index (χ2v) is 4.79. The lowest BCUT2D eigenvalue weighted by Crippen LogP contribution is -2.26. The Hall–Kier alpha value is -0.120. The minimum Gasteiger partial charge on any atom is -0.381 e. The molecule has 0 rings (SSSR count). The van der Waals surface area contributed by atoms with Crippen molar-refractivity contribution in [1.82, 2.24) is 5.32 Å². The largest absolute Gasteiger partial charge is 0.381 e. The summed E-state index contributed by atoms with van der Waals surface area (Å²) in [4.78, 5) is 0. The van der Waals surface area contributed by atoms with Gasteiger partial charge in [-0.25, -0.2) is 0 Å². The quantitative estimate of drug-likeness (QED) is 0.601. The molecule has 3 nitrogen and oxygen atoms in total. The molecule has 0 unspecified atom stereocenters. The minimum absolute atomic E-state index is 0.0593. The summed E-state index contributed by atoms with van der Waals surface area (Å²) in [6.07, 6.45) is 2.02. The minimum atomic E-state index is -0.0593. The van der Waals surface area contributed by atoms with Crippen molar-refractivity contribution in [2.24, 2.45) is 0 Å². The zero-order valence-corrected chi connectivity index (χ0v) is 10.9. The lowest BCUT2D eigenvalue weighted by atomic mass is 10.1. The zero-order valence-electron chi connectivity index (χ0n) is 10.9. The number of hydrogen-bond acceptors (Lipinski definition) is 3. The van der Waals surface area contributed by atoms with Crippen molar-refractivity contribution in [3.05, 3.63) is 0 Å². The average molecular weight is 217 g/mol. The highest BCUT2D eigenvalue weighted by Gasteiger charge is 2.15. The third kappa shape index (κ3) is 10.2. The Labute approximate surface area is 94.5 Å². The fourth-order valence-corrected chi connectivity index (χ4v) is 1.09. The first kappa shape index (κ1) is 14.9. The van der Waals surface area contributed by atoms with E-state index in [9.17, 15) is 0 Å². The van der Waals surface area contributed by atoms with Gasteiger partial charge < -0.3 is 14.8 Å². The number of hydrogen-bond donors (Lipinski definition) is 1. The van der Waals surface area contributed by atoms with Crippen LogP contribution in [0.15, 0.2) is 0 Å². The Morgan fingerprint density at radius 2 is 1.87 bits per heavy atom. The molecule has 0 aliphatic carbocycles. The normalized spacial score (nSPS) is 12.4. The molecule has 0 aliphatic rings. The van der Waals surface area contributed by atoms with Gasteiger partial charge in [0.1, 0.15) is 0 Å². The van der Waals surface area contributed by atoms with Gasteiger partial charge in [-0.3, -0.25) is 0 Å². The van der Waals surface area contributed by atoms with Gasteiger partial charge in [0, 0.05) is 26.4 Å². The van der Waals surface area contributed by atoms with E-state index in [1.54, 1.807) is 7.11 Å². The highest BCUT2D eigenvalue weighted by atomic mass is 16.5. The van der Waals surface area contributed by atoms with Crippen LogP contribution in [-0.4, -0.2) is 38.5 Å². The van der Waals surface area contributed by atoms with Gasteiger partial charge in [-0.2, -0.15) is 0 Å². The van der Waals surface area contributed by atoms with Crippen LogP contribution in [0, 0.1) is 0 Å². The fraction of sp³-hybridized carbons (Fsp3) is 1.00. The van der Waals surface area contributed by atoms with Crippen LogP contribution in [0.5, 0.6) is 0 Å². The molecule has 0 spiro atoms. The summed E-state index contributed by atoms with van der Waals surface area (Å²) >= 11 is 0. The lowest BCUT2D eigenvalue weighted by molar-refractivity contribution is -0.00996. The fourth-order valence-electron chi connectivity index (χ4n) is 1.09. The topological polar surface area (TPSA) is 30.5 Å². The smallest absolute Gasteiger partial charge is 0.0644 e. The Kier molecular flexibility index (Phi) is 8.02. The second-order valence-electron chi connectivity index (χ2n) is 4.79. The number of rotatable bonds is 9. The predicted octanol–water partition coefficient (Wildman–Crippen LogP) is 2.21. The van der Waals surface area contributed by atoms with Crippen LogP contribution in [0.25, 0.3) is 0 Å². The summed E-state index contributed by atoms with van der Waals surface area (Å²) in [5, 5.41) is 3.36. The Balaban J connectivity index is 3.18. The van der Waals surface area contributed by atoms with E-state index < -0.39 is 0 Å². The van der Waals surface area contributed by atoms with E-state index in [-0.39, 0.29) is 5.60 Å². The van der Waals surface area contributed by atoms with Crippen LogP contribution in [0.3, 0.4) is 0 Å². The second kappa shape index (κ2) is 8.08. The van der Waals surface area contributed by atoms with Gasteiger partial charge in [0.15, 0.2) is 0 Å². The van der Waals surface area contributed by atoms with Crippen LogP contribution in [0.4, 0.5) is 0 Å². The van der Waals surface area contributed by atoms with E-state index in [1.807, 2.05) is 0 Å². The molecule has 0 saturated carbocycles. The first-order chi connectivity index (χ1) is 6.98. The van der Waals surface area contributed by atoms with Crippen LogP contribution >= 0.6 is 0 Å². The summed E-state index contributed by atoms with van der Waals surface area (Å²) in [6.45, 7) is 11.1. The van der Waals surface area contributed by atoms with Gasteiger partial charge in [0.05, 0.1) is 5.60 Å². The Morgan fingerprint density at radius 1 is 1.20 bits per heavy atom. The molecular formula is C12H27NO2. The maximum absolute atomic E-state index is 5.53. The van der Waals surface area contributed by atoms with Gasteiger partial charge in [0.2, 0.25) is 0 Å². The monoisotopic (exact) mass is 217 g/mol. The standard InChI is InChI=1S/C12H27NO2/c1-11(2)13-8-6-9-15-10-7-12(3,4)14-5/h11,13H,6-10H2,1-5H3. The number of methoxy groups -OCH3 is 1. The molecule has 0 aromatic rings. The van der Waals surface area contributed by atoms with Crippen molar-refractivity contribution in [3.63, 3.8) is 0 Å². The van der Waals surface area contributed by atoms with Crippen molar-refractivity contribution >= 4 is 0 Å². The molecule has 0 aliphatic heterocycles. The molecule has 0 radical (unpaired) electrons. The zero-order chi connectivity index (χ0) is 11.7. The van der Waals surface area contributed by atoms with Gasteiger partial charge in [-0.15, -0.1) is 0 Å². The van der Waals surface area contributed by atoms with E-state index in [4.69, 9.17) is 9.47 Å². The molecule has 3 heteroatoms. The predicted molar refractivity (Wildman–Crippen MR) is 64.3 cm³/mol. The Morgan fingerprint density at radius 3 is 2.40 bits per heavy atom. The first-order valence-corrected chi connectivity index (χ1v) is 5.84. The van der Waals surface area contributed by atoms with Crippen LogP contribution in [0.2, 0.25) is 0 Å². The van der Waals surface area contributed by atoms with Crippen molar-refractivity contribution in [3.8, 4) is 0 Å². The van der Waals surface area contributed by atoms with Gasteiger partial charge in [-0.1, -0.05) is 13.8 Å². The summed E-state index contributed by atoms with van der Waals surface area (Å²) < 4.78 is 10.8. The summed E-state index contributed by atoms with van der Waals surface area (Å²) in [7, 11) is 1.74. The van der Waals surface area contributed by atoms with Crippen LogP contribution < -0.4 is 5.32 Å². The SMILES string of the molecule is COC(C)(C)CCOCCCNC(C)C. The molecule has 0 saturated heterocycles. The molecule has 0 heterocycles. The highest BCUT2D eigenvalue weighted by molar-refractivity contribution is 4.66. The van der Waals surface area contributed by atoms with Crippen LogP contribution in [-0.2, 0) is 9.47 Å². The number of ether oxygens (including phenoxy) is 2. The van der Waals surface area contributed by atoms with Gasteiger partial charge in [-0.05, 0) is 33.2 Å². The van der Waals surface area contributed by atoms with Crippen molar-refractivity contribution in [2.75, 3.05) is 26.9 Å². The third-order valence-corrected chi connectivity index (χ3v) is 2.42. The molecule has 0 atom stereocenters.